The molecule has 3 nitrogen and oxygen atoms in total. The molecular weight excluding hydrogens is 272 g/mol. The number of carbonyl (C=O) groups is 1. The molecule has 2 unspecified atom stereocenters. The van der Waals surface area contributed by atoms with E-state index in [0.717, 1.165) is 29.8 Å². The molecule has 1 saturated carbocycles. The lowest BCUT2D eigenvalue weighted by molar-refractivity contribution is -0.124. The highest BCUT2D eigenvalue weighted by Crippen LogP contribution is 2.48. The van der Waals surface area contributed by atoms with Crippen LogP contribution in [-0.4, -0.2) is 18.0 Å². The predicted octanol–water partition coefficient (Wildman–Crippen LogP) is 3.08. The maximum atomic E-state index is 12.4. The van der Waals surface area contributed by atoms with Gasteiger partial charge in [0.1, 0.15) is 0 Å². The zero-order valence-electron chi connectivity index (χ0n) is 12.2. The lowest BCUT2D eigenvalue weighted by Crippen LogP contribution is -2.53. The summed E-state index contributed by atoms with van der Waals surface area (Å²) in [5.41, 5.74) is 6.74. The third-order valence-electron chi connectivity index (χ3n) is 4.54. The molecule has 1 aromatic carbocycles. The van der Waals surface area contributed by atoms with E-state index in [2.05, 4.69) is 19.2 Å². The quantitative estimate of drug-likeness (QED) is 0.847. The summed E-state index contributed by atoms with van der Waals surface area (Å²) in [6, 6.07) is 7.79. The fourth-order valence-electron chi connectivity index (χ4n) is 2.71. The average molecular weight is 295 g/mol. The molecule has 0 spiro atoms. The van der Waals surface area contributed by atoms with E-state index in [-0.39, 0.29) is 17.4 Å². The van der Waals surface area contributed by atoms with Gasteiger partial charge in [0.2, 0.25) is 5.91 Å². The molecule has 1 aromatic rings. The van der Waals surface area contributed by atoms with Crippen molar-refractivity contribution in [2.75, 3.05) is 6.54 Å². The van der Waals surface area contributed by atoms with Gasteiger partial charge in [-0.25, -0.2) is 0 Å². The molecule has 4 heteroatoms. The third kappa shape index (κ3) is 3.15. The van der Waals surface area contributed by atoms with Gasteiger partial charge < -0.3 is 11.1 Å². The zero-order valence-corrected chi connectivity index (χ0v) is 12.9. The molecule has 1 fully saturated rings. The molecule has 0 aliphatic heterocycles. The first-order valence-corrected chi connectivity index (χ1v) is 7.70. The van der Waals surface area contributed by atoms with E-state index >= 15 is 0 Å². The van der Waals surface area contributed by atoms with Gasteiger partial charge in [0, 0.05) is 17.5 Å². The number of nitrogens with two attached hydrogens (primary N) is 1. The maximum absolute atomic E-state index is 12.4. The molecule has 1 aliphatic carbocycles. The van der Waals surface area contributed by atoms with Gasteiger partial charge in [-0.3, -0.25) is 4.79 Å². The van der Waals surface area contributed by atoms with Gasteiger partial charge in [0.25, 0.3) is 0 Å². The van der Waals surface area contributed by atoms with Crippen molar-refractivity contribution in [3.8, 4) is 0 Å². The van der Waals surface area contributed by atoms with Crippen LogP contribution >= 0.6 is 11.6 Å². The summed E-state index contributed by atoms with van der Waals surface area (Å²) in [4.78, 5) is 12.4. The topological polar surface area (TPSA) is 55.1 Å². The Balaban J connectivity index is 1.99. The highest BCUT2D eigenvalue weighted by Gasteiger charge is 2.45. The first-order valence-electron chi connectivity index (χ1n) is 7.32. The molecular formula is C16H23ClN2O. The van der Waals surface area contributed by atoms with Crippen molar-refractivity contribution in [3.63, 3.8) is 0 Å². The number of hydrogen-bond acceptors (Lipinski definition) is 2. The Morgan fingerprint density at radius 1 is 1.45 bits per heavy atom. The summed E-state index contributed by atoms with van der Waals surface area (Å²) in [6.07, 6.45) is 2.63. The number of amides is 1. The summed E-state index contributed by atoms with van der Waals surface area (Å²) < 4.78 is 0. The molecule has 0 heterocycles. The summed E-state index contributed by atoms with van der Waals surface area (Å²) >= 11 is 6.00. The molecule has 1 aliphatic rings. The summed E-state index contributed by atoms with van der Waals surface area (Å²) in [5, 5.41) is 3.89. The monoisotopic (exact) mass is 294 g/mol. The molecule has 0 radical (unpaired) electrons. The summed E-state index contributed by atoms with van der Waals surface area (Å²) in [7, 11) is 0. The van der Waals surface area contributed by atoms with Crippen LogP contribution in [0.15, 0.2) is 24.3 Å². The first kappa shape index (κ1) is 15.3. The van der Waals surface area contributed by atoms with Gasteiger partial charge in [-0.05, 0) is 42.9 Å². The Morgan fingerprint density at radius 3 is 2.70 bits per heavy atom. The van der Waals surface area contributed by atoms with Crippen molar-refractivity contribution in [2.24, 2.45) is 11.7 Å². The second kappa shape index (κ2) is 6.15. The van der Waals surface area contributed by atoms with Crippen molar-refractivity contribution < 1.29 is 4.79 Å². The van der Waals surface area contributed by atoms with Gasteiger partial charge in [0.05, 0.1) is 5.54 Å². The molecule has 20 heavy (non-hydrogen) atoms. The van der Waals surface area contributed by atoms with Crippen molar-refractivity contribution in [3.05, 3.63) is 34.9 Å². The molecule has 0 saturated heterocycles. The minimum Gasteiger partial charge on any atom is -0.349 e. The molecule has 2 atom stereocenters. The Hall–Kier alpha value is -1.06. The number of halogens is 1. The Morgan fingerprint density at radius 2 is 2.15 bits per heavy atom. The van der Waals surface area contributed by atoms with Gasteiger partial charge in [-0.2, -0.15) is 0 Å². The van der Waals surface area contributed by atoms with Gasteiger partial charge in [-0.1, -0.05) is 37.6 Å². The third-order valence-corrected chi connectivity index (χ3v) is 4.77. The average Bonchev–Trinajstić information content (AvgIpc) is 3.25. The van der Waals surface area contributed by atoms with E-state index in [9.17, 15) is 4.79 Å². The minimum atomic E-state index is -0.251. The molecule has 110 valence electrons. The fourth-order valence-corrected chi connectivity index (χ4v) is 2.91. The van der Waals surface area contributed by atoms with Gasteiger partial charge in [0.15, 0.2) is 0 Å². The van der Waals surface area contributed by atoms with Crippen molar-refractivity contribution in [1.29, 1.82) is 0 Å². The Bertz CT molecular complexity index is 477. The summed E-state index contributed by atoms with van der Waals surface area (Å²) in [5.74, 6) is 0.500. The van der Waals surface area contributed by atoms with Crippen molar-refractivity contribution in [2.45, 2.75) is 44.6 Å². The van der Waals surface area contributed by atoms with Crippen LogP contribution in [0, 0.1) is 5.92 Å². The lowest BCUT2D eigenvalue weighted by Gasteiger charge is -2.31. The number of carbonyl (C=O) groups excluding carboxylic acids is 1. The highest BCUT2D eigenvalue weighted by atomic mass is 35.5. The number of benzene rings is 1. The van der Waals surface area contributed by atoms with Gasteiger partial charge >= 0.3 is 0 Å². The Kier molecular flexibility index (Phi) is 4.71. The highest BCUT2D eigenvalue weighted by molar-refractivity contribution is 6.30. The SMILES string of the molecule is CCC(CC)(CN)NC(=O)C1CC1c1cccc(Cl)c1. The smallest absolute Gasteiger partial charge is 0.224 e. The van der Waals surface area contributed by atoms with E-state index in [0.29, 0.717) is 12.5 Å². The number of rotatable bonds is 6. The number of nitrogens with one attached hydrogen (secondary N) is 1. The number of hydrogen-bond donors (Lipinski definition) is 2. The van der Waals surface area contributed by atoms with Crippen LogP contribution in [0.25, 0.3) is 0 Å². The standard InChI is InChI=1S/C16H23ClN2O/c1-3-16(4-2,10-18)19-15(20)14-9-13(14)11-6-5-7-12(17)8-11/h5-8,13-14H,3-4,9-10,18H2,1-2H3,(H,19,20). The van der Waals surface area contributed by atoms with Crippen molar-refractivity contribution in [1.82, 2.24) is 5.32 Å². The van der Waals surface area contributed by atoms with E-state index in [4.69, 9.17) is 17.3 Å². The van der Waals surface area contributed by atoms with Crippen LogP contribution in [0.5, 0.6) is 0 Å². The predicted molar refractivity (Wildman–Crippen MR) is 82.8 cm³/mol. The van der Waals surface area contributed by atoms with Crippen LogP contribution in [0.1, 0.15) is 44.6 Å². The van der Waals surface area contributed by atoms with E-state index in [1.165, 1.54) is 0 Å². The van der Waals surface area contributed by atoms with E-state index in [1.54, 1.807) is 0 Å². The molecule has 3 N–H and O–H groups in total. The van der Waals surface area contributed by atoms with Crippen LogP contribution in [0.4, 0.5) is 0 Å². The van der Waals surface area contributed by atoms with Crippen LogP contribution in [0.3, 0.4) is 0 Å². The second-order valence-electron chi connectivity index (χ2n) is 5.68. The van der Waals surface area contributed by atoms with Crippen molar-refractivity contribution >= 4 is 17.5 Å². The maximum Gasteiger partial charge on any atom is 0.224 e. The molecule has 2 rings (SSSR count). The summed E-state index contributed by atoms with van der Waals surface area (Å²) in [6.45, 7) is 4.62. The molecule has 0 aromatic heterocycles. The van der Waals surface area contributed by atoms with Gasteiger partial charge in [-0.15, -0.1) is 0 Å². The van der Waals surface area contributed by atoms with E-state index in [1.807, 2.05) is 24.3 Å². The van der Waals surface area contributed by atoms with E-state index < -0.39 is 0 Å². The zero-order chi connectivity index (χ0) is 14.8. The largest absolute Gasteiger partial charge is 0.349 e. The fraction of sp³-hybridized carbons (Fsp3) is 0.562. The Labute approximate surface area is 125 Å². The first-order chi connectivity index (χ1) is 9.55. The van der Waals surface area contributed by atoms with Crippen LogP contribution < -0.4 is 11.1 Å². The normalized spacial score (nSPS) is 21.6. The lowest BCUT2D eigenvalue weighted by atomic mass is 9.92. The van der Waals surface area contributed by atoms with Crippen LogP contribution in [-0.2, 0) is 4.79 Å². The van der Waals surface area contributed by atoms with Crippen LogP contribution in [0.2, 0.25) is 5.02 Å². The molecule has 0 bridgehead atoms. The second-order valence-corrected chi connectivity index (χ2v) is 6.12. The molecule has 1 amide bonds. The minimum absolute atomic E-state index is 0.0671.